The number of carbonyl (C=O) groups is 1. The van der Waals surface area contributed by atoms with E-state index in [9.17, 15) is 4.79 Å². The summed E-state index contributed by atoms with van der Waals surface area (Å²) in [5.41, 5.74) is 3.99. The lowest BCUT2D eigenvalue weighted by atomic mass is 10.0. The van der Waals surface area contributed by atoms with Crippen LogP contribution in [-0.2, 0) is 24.1 Å². The number of aryl methyl sites for hydroxylation is 2. The number of hydrogen-bond donors (Lipinski definition) is 1. The molecule has 0 radical (unpaired) electrons. The van der Waals surface area contributed by atoms with E-state index in [-0.39, 0.29) is 5.91 Å². The van der Waals surface area contributed by atoms with E-state index in [0.717, 1.165) is 29.4 Å². The first-order valence-electron chi connectivity index (χ1n) is 6.39. The lowest BCUT2D eigenvalue weighted by Crippen LogP contribution is -2.28. The van der Waals surface area contributed by atoms with Crippen molar-refractivity contribution in [1.82, 2.24) is 5.32 Å². The normalized spacial score (nSPS) is 17.4. The summed E-state index contributed by atoms with van der Waals surface area (Å²) in [5, 5.41) is 3.65. The first kappa shape index (κ1) is 11.8. The molecular formula is C14H16N2OS. The molecule has 1 amide bonds. The van der Waals surface area contributed by atoms with Crippen molar-refractivity contribution in [1.29, 1.82) is 0 Å². The second kappa shape index (κ2) is 5.14. The molecule has 1 N–H and O–H groups in total. The number of thioether (sulfide) groups is 1. The van der Waals surface area contributed by atoms with E-state index >= 15 is 0 Å². The Kier molecular flexibility index (Phi) is 3.37. The maximum Gasteiger partial charge on any atom is 0.230 e. The van der Waals surface area contributed by atoms with Crippen molar-refractivity contribution in [2.75, 3.05) is 12.3 Å². The zero-order valence-electron chi connectivity index (χ0n) is 10.2. The number of amidine groups is 1. The third kappa shape index (κ3) is 2.58. The quantitative estimate of drug-likeness (QED) is 0.883. The largest absolute Gasteiger partial charge is 0.305 e. The van der Waals surface area contributed by atoms with E-state index in [2.05, 4.69) is 28.5 Å². The van der Waals surface area contributed by atoms with Crippen molar-refractivity contribution >= 4 is 22.8 Å². The molecule has 1 aliphatic carbocycles. The van der Waals surface area contributed by atoms with Gasteiger partial charge in [0.2, 0.25) is 5.91 Å². The molecule has 0 saturated heterocycles. The number of aliphatic imine (C=N–C) groups is 1. The Hall–Kier alpha value is -1.29. The van der Waals surface area contributed by atoms with Crippen LogP contribution in [0.3, 0.4) is 0 Å². The summed E-state index contributed by atoms with van der Waals surface area (Å²) >= 11 is 1.62. The highest BCUT2D eigenvalue weighted by molar-refractivity contribution is 8.14. The molecule has 3 rings (SSSR count). The third-order valence-corrected chi connectivity index (χ3v) is 4.25. The van der Waals surface area contributed by atoms with Gasteiger partial charge in [-0.3, -0.25) is 9.79 Å². The number of fused-ring (bicyclic) bond motifs is 1. The number of hydrogen-bond acceptors (Lipinski definition) is 3. The molecule has 1 heterocycles. The highest BCUT2D eigenvalue weighted by atomic mass is 32.2. The SMILES string of the molecule is O=C(Cc1ccc2c(c1)CCC2)NC1=NCCS1. The number of nitrogens with one attached hydrogen (secondary N) is 1. The molecule has 0 bridgehead atoms. The van der Waals surface area contributed by atoms with Crippen LogP contribution < -0.4 is 5.32 Å². The van der Waals surface area contributed by atoms with E-state index in [1.165, 1.54) is 24.0 Å². The van der Waals surface area contributed by atoms with Gasteiger partial charge in [-0.05, 0) is 36.0 Å². The Labute approximate surface area is 111 Å². The van der Waals surface area contributed by atoms with Gasteiger partial charge < -0.3 is 5.32 Å². The number of rotatable bonds is 2. The predicted molar refractivity (Wildman–Crippen MR) is 75.1 cm³/mol. The number of amides is 1. The van der Waals surface area contributed by atoms with Gasteiger partial charge in [-0.25, -0.2) is 0 Å². The Balaban J connectivity index is 1.63. The summed E-state index contributed by atoms with van der Waals surface area (Å²) < 4.78 is 0. The summed E-state index contributed by atoms with van der Waals surface area (Å²) in [4.78, 5) is 16.1. The van der Waals surface area contributed by atoms with Gasteiger partial charge in [0.15, 0.2) is 5.17 Å². The van der Waals surface area contributed by atoms with Crippen LogP contribution in [0.15, 0.2) is 23.2 Å². The molecule has 0 fully saturated rings. The molecule has 4 heteroatoms. The molecule has 18 heavy (non-hydrogen) atoms. The van der Waals surface area contributed by atoms with E-state index < -0.39 is 0 Å². The standard InChI is InChI=1S/C14H16N2OS/c17-13(16-14-15-6-7-18-14)9-10-4-5-11-2-1-3-12(11)8-10/h4-5,8H,1-3,6-7,9H2,(H,15,16,17). The summed E-state index contributed by atoms with van der Waals surface area (Å²) in [6.45, 7) is 0.819. The highest BCUT2D eigenvalue weighted by Crippen LogP contribution is 2.23. The Morgan fingerprint density at radius 2 is 2.22 bits per heavy atom. The topological polar surface area (TPSA) is 41.5 Å². The van der Waals surface area contributed by atoms with Crippen LogP contribution in [0.2, 0.25) is 0 Å². The number of nitrogens with zero attached hydrogens (tertiary/aromatic N) is 1. The second-order valence-corrected chi connectivity index (χ2v) is 5.80. The maximum absolute atomic E-state index is 11.9. The van der Waals surface area contributed by atoms with Crippen LogP contribution in [0.4, 0.5) is 0 Å². The Morgan fingerprint density at radius 1 is 1.33 bits per heavy atom. The Bertz CT molecular complexity index is 511. The minimum atomic E-state index is 0.0427. The summed E-state index contributed by atoms with van der Waals surface area (Å²) in [6, 6.07) is 6.44. The van der Waals surface area contributed by atoms with Crippen molar-refractivity contribution in [2.24, 2.45) is 4.99 Å². The van der Waals surface area contributed by atoms with Crippen molar-refractivity contribution in [3.05, 3.63) is 34.9 Å². The summed E-state index contributed by atoms with van der Waals surface area (Å²) in [6.07, 6.45) is 4.05. The van der Waals surface area contributed by atoms with E-state index in [4.69, 9.17) is 0 Å². The monoisotopic (exact) mass is 260 g/mol. The van der Waals surface area contributed by atoms with Crippen LogP contribution in [-0.4, -0.2) is 23.4 Å². The van der Waals surface area contributed by atoms with Gasteiger partial charge in [-0.1, -0.05) is 30.0 Å². The zero-order chi connectivity index (χ0) is 12.4. The molecule has 1 aromatic rings. The fraction of sp³-hybridized carbons (Fsp3) is 0.429. The molecular weight excluding hydrogens is 244 g/mol. The highest BCUT2D eigenvalue weighted by Gasteiger charge is 2.14. The molecule has 1 aliphatic heterocycles. The first-order chi connectivity index (χ1) is 8.81. The van der Waals surface area contributed by atoms with Crippen LogP contribution in [0.5, 0.6) is 0 Å². The molecule has 0 aromatic heterocycles. The molecule has 0 spiro atoms. The van der Waals surface area contributed by atoms with Crippen molar-refractivity contribution in [3.8, 4) is 0 Å². The summed E-state index contributed by atoms with van der Waals surface area (Å²) in [5.74, 6) is 1.02. The van der Waals surface area contributed by atoms with Gasteiger partial charge >= 0.3 is 0 Å². The van der Waals surface area contributed by atoms with Crippen LogP contribution in [0.1, 0.15) is 23.1 Å². The predicted octanol–water partition coefficient (Wildman–Crippen LogP) is 1.94. The molecule has 2 aliphatic rings. The van der Waals surface area contributed by atoms with Crippen LogP contribution in [0.25, 0.3) is 0 Å². The third-order valence-electron chi connectivity index (χ3n) is 3.36. The van der Waals surface area contributed by atoms with Gasteiger partial charge in [0.05, 0.1) is 13.0 Å². The fourth-order valence-corrected chi connectivity index (χ4v) is 3.24. The van der Waals surface area contributed by atoms with Gasteiger partial charge in [0, 0.05) is 5.75 Å². The average Bonchev–Trinajstić information content (AvgIpc) is 2.98. The van der Waals surface area contributed by atoms with E-state index in [1.54, 1.807) is 11.8 Å². The van der Waals surface area contributed by atoms with Gasteiger partial charge in [-0.2, -0.15) is 0 Å². The maximum atomic E-state index is 11.9. The van der Waals surface area contributed by atoms with E-state index in [0.29, 0.717) is 6.42 Å². The molecule has 94 valence electrons. The lowest BCUT2D eigenvalue weighted by Gasteiger charge is -2.06. The number of benzene rings is 1. The number of carbonyl (C=O) groups excluding carboxylic acids is 1. The molecule has 0 atom stereocenters. The van der Waals surface area contributed by atoms with Crippen molar-refractivity contribution < 1.29 is 4.79 Å². The molecule has 1 aromatic carbocycles. The van der Waals surface area contributed by atoms with E-state index in [1.807, 2.05) is 0 Å². The van der Waals surface area contributed by atoms with Crippen LogP contribution in [0, 0.1) is 0 Å². The average molecular weight is 260 g/mol. The first-order valence-corrected chi connectivity index (χ1v) is 7.37. The van der Waals surface area contributed by atoms with Crippen molar-refractivity contribution in [2.45, 2.75) is 25.7 Å². The molecule has 0 unspecified atom stereocenters. The molecule has 3 nitrogen and oxygen atoms in total. The van der Waals surface area contributed by atoms with Gasteiger partial charge in [0.25, 0.3) is 0 Å². The minimum absolute atomic E-state index is 0.0427. The lowest BCUT2D eigenvalue weighted by molar-refractivity contribution is -0.119. The van der Waals surface area contributed by atoms with Gasteiger partial charge in [0.1, 0.15) is 0 Å². The zero-order valence-corrected chi connectivity index (χ0v) is 11.1. The summed E-state index contributed by atoms with van der Waals surface area (Å²) in [7, 11) is 0. The smallest absolute Gasteiger partial charge is 0.230 e. The molecule has 0 saturated carbocycles. The Morgan fingerprint density at radius 3 is 3.06 bits per heavy atom. The minimum Gasteiger partial charge on any atom is -0.305 e. The fourth-order valence-electron chi connectivity index (χ4n) is 2.49. The van der Waals surface area contributed by atoms with Crippen LogP contribution >= 0.6 is 11.8 Å². The second-order valence-electron chi connectivity index (χ2n) is 4.72. The van der Waals surface area contributed by atoms with Crippen molar-refractivity contribution in [3.63, 3.8) is 0 Å². The van der Waals surface area contributed by atoms with Gasteiger partial charge in [-0.15, -0.1) is 0 Å².